The van der Waals surface area contributed by atoms with Gasteiger partial charge >= 0.3 is 0 Å². The summed E-state index contributed by atoms with van der Waals surface area (Å²) in [7, 11) is 1.57. The maximum Gasteiger partial charge on any atom is 0.246 e. The highest BCUT2D eigenvalue weighted by molar-refractivity contribution is 5.85. The fourth-order valence-corrected chi connectivity index (χ4v) is 1.83. The molecule has 0 fully saturated rings. The van der Waals surface area contributed by atoms with Gasteiger partial charge in [-0.15, -0.1) is 12.4 Å². The van der Waals surface area contributed by atoms with Gasteiger partial charge in [0.2, 0.25) is 17.6 Å². The Hall–Kier alpha value is -1.66. The third-order valence-corrected chi connectivity index (χ3v) is 2.89. The van der Waals surface area contributed by atoms with Crippen molar-refractivity contribution in [1.82, 2.24) is 15.1 Å². The van der Waals surface area contributed by atoms with Gasteiger partial charge in [-0.2, -0.15) is 4.98 Å². The normalized spacial score (nSPS) is 13.4. The fourth-order valence-electron chi connectivity index (χ4n) is 1.83. The van der Waals surface area contributed by atoms with Gasteiger partial charge in [0.25, 0.3) is 0 Å². The van der Waals surface area contributed by atoms with Crippen LogP contribution in [0.5, 0.6) is 5.88 Å². The molecular formula is C13H19ClN4O2. The van der Waals surface area contributed by atoms with Crippen LogP contribution in [0.1, 0.15) is 32.6 Å². The minimum absolute atomic E-state index is 0. The second-order valence-corrected chi connectivity index (χ2v) is 4.68. The molecule has 0 saturated carbocycles. The maximum atomic E-state index is 6.15. The first kappa shape index (κ1) is 16.4. The first-order valence-electron chi connectivity index (χ1n) is 6.20. The summed E-state index contributed by atoms with van der Waals surface area (Å²) in [5.41, 5.74) is 6.32. The SMILES string of the molecule is CCCC(C)(N)c1nc(-c2ccc(OC)nc2)no1.Cl. The van der Waals surface area contributed by atoms with Gasteiger partial charge in [-0.3, -0.25) is 0 Å². The largest absolute Gasteiger partial charge is 0.481 e. The third kappa shape index (κ3) is 3.46. The molecule has 0 amide bonds. The van der Waals surface area contributed by atoms with Crippen molar-refractivity contribution in [2.45, 2.75) is 32.2 Å². The number of hydrogen-bond donors (Lipinski definition) is 1. The second kappa shape index (κ2) is 6.67. The van der Waals surface area contributed by atoms with Crippen LogP contribution >= 0.6 is 12.4 Å². The summed E-state index contributed by atoms with van der Waals surface area (Å²) >= 11 is 0. The molecule has 0 aromatic carbocycles. The number of nitrogens with two attached hydrogens (primary N) is 1. The summed E-state index contributed by atoms with van der Waals surface area (Å²) < 4.78 is 10.2. The third-order valence-electron chi connectivity index (χ3n) is 2.89. The number of aromatic nitrogens is 3. The van der Waals surface area contributed by atoms with Crippen LogP contribution in [0.2, 0.25) is 0 Å². The summed E-state index contributed by atoms with van der Waals surface area (Å²) in [6, 6.07) is 3.58. The first-order chi connectivity index (χ1) is 9.06. The molecule has 110 valence electrons. The molecule has 0 aliphatic carbocycles. The van der Waals surface area contributed by atoms with Gasteiger partial charge in [-0.05, 0) is 19.4 Å². The van der Waals surface area contributed by atoms with Crippen LogP contribution in [0.15, 0.2) is 22.9 Å². The molecule has 1 atom stereocenters. The van der Waals surface area contributed by atoms with Crippen molar-refractivity contribution in [1.29, 1.82) is 0 Å². The van der Waals surface area contributed by atoms with E-state index in [1.165, 1.54) is 0 Å². The van der Waals surface area contributed by atoms with Crippen LogP contribution in [0, 0.1) is 0 Å². The molecule has 0 saturated heterocycles. The number of ether oxygens (including phenoxy) is 1. The van der Waals surface area contributed by atoms with Gasteiger partial charge in [-0.25, -0.2) is 4.98 Å². The number of hydrogen-bond acceptors (Lipinski definition) is 6. The first-order valence-corrected chi connectivity index (χ1v) is 6.20. The zero-order valence-corrected chi connectivity index (χ0v) is 12.6. The zero-order chi connectivity index (χ0) is 13.9. The Labute approximate surface area is 124 Å². The van der Waals surface area contributed by atoms with Crippen molar-refractivity contribution in [2.24, 2.45) is 5.73 Å². The van der Waals surface area contributed by atoms with E-state index in [2.05, 4.69) is 22.0 Å². The molecular weight excluding hydrogens is 280 g/mol. The Morgan fingerprint density at radius 2 is 2.15 bits per heavy atom. The molecule has 2 aromatic heterocycles. The molecule has 1 unspecified atom stereocenters. The second-order valence-electron chi connectivity index (χ2n) is 4.68. The van der Waals surface area contributed by atoms with Crippen molar-refractivity contribution in [3.8, 4) is 17.3 Å². The van der Waals surface area contributed by atoms with E-state index in [1.807, 2.05) is 13.0 Å². The Kier molecular flexibility index (Phi) is 5.47. The lowest BCUT2D eigenvalue weighted by molar-refractivity contribution is 0.284. The summed E-state index contributed by atoms with van der Waals surface area (Å²) in [4.78, 5) is 8.45. The van der Waals surface area contributed by atoms with E-state index < -0.39 is 5.54 Å². The summed E-state index contributed by atoms with van der Waals surface area (Å²) in [6.07, 6.45) is 3.38. The quantitative estimate of drug-likeness (QED) is 0.912. The molecule has 0 bridgehead atoms. The van der Waals surface area contributed by atoms with Crippen LogP contribution in [0.25, 0.3) is 11.4 Å². The molecule has 0 aliphatic rings. The Morgan fingerprint density at radius 1 is 1.40 bits per heavy atom. The maximum absolute atomic E-state index is 6.15. The molecule has 0 spiro atoms. The van der Waals surface area contributed by atoms with Crippen molar-refractivity contribution >= 4 is 12.4 Å². The molecule has 6 nitrogen and oxygen atoms in total. The van der Waals surface area contributed by atoms with Crippen molar-refractivity contribution in [3.63, 3.8) is 0 Å². The summed E-state index contributed by atoms with van der Waals surface area (Å²) in [6.45, 7) is 3.95. The van der Waals surface area contributed by atoms with Crippen LogP contribution < -0.4 is 10.5 Å². The van der Waals surface area contributed by atoms with Crippen molar-refractivity contribution in [3.05, 3.63) is 24.2 Å². The molecule has 0 aliphatic heterocycles. The van der Waals surface area contributed by atoms with Gasteiger partial charge in [0, 0.05) is 17.8 Å². The molecule has 7 heteroatoms. The molecule has 2 heterocycles. The Bertz CT molecular complexity index is 540. The molecule has 2 aromatic rings. The monoisotopic (exact) mass is 298 g/mol. The van der Waals surface area contributed by atoms with Crippen molar-refractivity contribution in [2.75, 3.05) is 7.11 Å². The predicted octanol–water partition coefficient (Wildman–Crippen LogP) is 2.54. The van der Waals surface area contributed by atoms with Crippen LogP contribution in [-0.2, 0) is 5.54 Å². The van der Waals surface area contributed by atoms with E-state index >= 15 is 0 Å². The highest BCUT2D eigenvalue weighted by atomic mass is 35.5. The van der Waals surface area contributed by atoms with Crippen molar-refractivity contribution < 1.29 is 9.26 Å². The van der Waals surface area contributed by atoms with Gasteiger partial charge in [0.15, 0.2) is 0 Å². The minimum atomic E-state index is -0.597. The molecule has 2 rings (SSSR count). The lowest BCUT2D eigenvalue weighted by Gasteiger charge is -2.18. The van der Waals surface area contributed by atoms with Crippen LogP contribution in [0.4, 0.5) is 0 Å². The topological polar surface area (TPSA) is 87.1 Å². The van der Waals surface area contributed by atoms with Crippen LogP contribution in [-0.4, -0.2) is 22.2 Å². The lowest BCUT2D eigenvalue weighted by atomic mass is 9.98. The van der Waals surface area contributed by atoms with Gasteiger partial charge < -0.3 is 15.0 Å². The molecule has 2 N–H and O–H groups in total. The highest BCUT2D eigenvalue weighted by Gasteiger charge is 2.27. The smallest absolute Gasteiger partial charge is 0.246 e. The zero-order valence-electron chi connectivity index (χ0n) is 11.8. The van der Waals surface area contributed by atoms with E-state index in [4.69, 9.17) is 15.0 Å². The number of nitrogens with zero attached hydrogens (tertiary/aromatic N) is 3. The highest BCUT2D eigenvalue weighted by Crippen LogP contribution is 2.24. The van der Waals surface area contributed by atoms with Crippen LogP contribution in [0.3, 0.4) is 0 Å². The van der Waals surface area contributed by atoms with E-state index in [-0.39, 0.29) is 12.4 Å². The lowest BCUT2D eigenvalue weighted by Crippen LogP contribution is -2.33. The number of halogens is 1. The number of methoxy groups -OCH3 is 1. The number of pyridine rings is 1. The van der Waals surface area contributed by atoms with E-state index in [9.17, 15) is 0 Å². The summed E-state index contributed by atoms with van der Waals surface area (Å²) in [5.74, 6) is 1.47. The summed E-state index contributed by atoms with van der Waals surface area (Å²) in [5, 5.41) is 3.94. The van der Waals surface area contributed by atoms with E-state index in [0.717, 1.165) is 18.4 Å². The van der Waals surface area contributed by atoms with Gasteiger partial charge in [-0.1, -0.05) is 18.5 Å². The average Bonchev–Trinajstić information content (AvgIpc) is 2.89. The Morgan fingerprint density at radius 3 is 2.70 bits per heavy atom. The van der Waals surface area contributed by atoms with Gasteiger partial charge in [0.1, 0.15) is 0 Å². The number of rotatable bonds is 5. The van der Waals surface area contributed by atoms with Gasteiger partial charge in [0.05, 0.1) is 12.6 Å². The van der Waals surface area contributed by atoms with E-state index in [1.54, 1.807) is 19.4 Å². The molecule has 20 heavy (non-hydrogen) atoms. The minimum Gasteiger partial charge on any atom is -0.481 e. The fraction of sp³-hybridized carbons (Fsp3) is 0.462. The molecule has 0 radical (unpaired) electrons. The average molecular weight is 299 g/mol. The Balaban J connectivity index is 0.00000200. The predicted molar refractivity (Wildman–Crippen MR) is 77.8 cm³/mol. The standard InChI is InChI=1S/C13H18N4O2.ClH/c1-4-7-13(2,14)12-16-11(17-19-12)9-5-6-10(18-3)15-8-9;/h5-6,8H,4,7,14H2,1-3H3;1H. The van der Waals surface area contributed by atoms with E-state index in [0.29, 0.717) is 17.6 Å².